The molecule has 0 aliphatic heterocycles. The molecule has 0 heterocycles. The van der Waals surface area contributed by atoms with Gasteiger partial charge in [0.25, 0.3) is 0 Å². The summed E-state index contributed by atoms with van der Waals surface area (Å²) < 4.78 is 33.3. The van der Waals surface area contributed by atoms with Gasteiger partial charge in [-0.2, -0.15) is 0 Å². The first kappa shape index (κ1) is 26.1. The SMILES string of the molecule is CCCC(CCCCCCCCCCC(O)CC)S(=O)(=O)[O-].[Na+]. The molecule has 0 bridgehead atoms. The van der Waals surface area contributed by atoms with E-state index in [4.69, 9.17) is 0 Å². The van der Waals surface area contributed by atoms with E-state index >= 15 is 0 Å². The number of unbranched alkanes of at least 4 members (excludes halogenated alkanes) is 7. The zero-order chi connectivity index (χ0) is 16.8. The second kappa shape index (κ2) is 16.3. The molecule has 0 rings (SSSR count). The van der Waals surface area contributed by atoms with E-state index in [9.17, 15) is 18.1 Å². The molecular formula is C17H35NaO4S. The maximum absolute atomic E-state index is 11.1. The molecule has 0 saturated heterocycles. The fourth-order valence-electron chi connectivity index (χ4n) is 2.77. The predicted octanol–water partition coefficient (Wildman–Crippen LogP) is 1.38. The van der Waals surface area contributed by atoms with Crippen LogP contribution in [-0.2, 0) is 10.1 Å². The van der Waals surface area contributed by atoms with E-state index in [1.165, 1.54) is 25.7 Å². The van der Waals surface area contributed by atoms with Crippen molar-refractivity contribution in [3.05, 3.63) is 0 Å². The fraction of sp³-hybridized carbons (Fsp3) is 1.00. The van der Waals surface area contributed by atoms with Crippen LogP contribution < -0.4 is 29.6 Å². The Morgan fingerprint density at radius 3 is 1.65 bits per heavy atom. The summed E-state index contributed by atoms with van der Waals surface area (Å²) >= 11 is 0. The van der Waals surface area contributed by atoms with Crippen molar-refractivity contribution in [1.82, 2.24) is 0 Å². The van der Waals surface area contributed by atoms with Gasteiger partial charge in [-0.3, -0.25) is 0 Å². The largest absolute Gasteiger partial charge is 1.00 e. The molecule has 6 heteroatoms. The van der Waals surface area contributed by atoms with E-state index in [-0.39, 0.29) is 35.7 Å². The molecule has 0 aromatic carbocycles. The van der Waals surface area contributed by atoms with Crippen molar-refractivity contribution >= 4 is 10.1 Å². The summed E-state index contributed by atoms with van der Waals surface area (Å²) in [7, 11) is -4.11. The third kappa shape index (κ3) is 16.1. The van der Waals surface area contributed by atoms with Gasteiger partial charge >= 0.3 is 29.6 Å². The van der Waals surface area contributed by atoms with E-state index in [0.717, 1.165) is 44.9 Å². The number of aliphatic hydroxyl groups excluding tert-OH is 1. The first-order chi connectivity index (χ1) is 10.4. The van der Waals surface area contributed by atoms with Gasteiger partial charge in [0.05, 0.1) is 16.2 Å². The third-order valence-corrected chi connectivity index (χ3v) is 5.59. The molecule has 0 aromatic rings. The van der Waals surface area contributed by atoms with Gasteiger partial charge in [-0.1, -0.05) is 71.6 Å². The molecule has 23 heavy (non-hydrogen) atoms. The Kier molecular flexibility index (Phi) is 18.5. The van der Waals surface area contributed by atoms with E-state index in [1.807, 2.05) is 13.8 Å². The smallest absolute Gasteiger partial charge is 0.748 e. The van der Waals surface area contributed by atoms with Crippen LogP contribution in [0.2, 0.25) is 0 Å². The molecule has 2 atom stereocenters. The van der Waals surface area contributed by atoms with E-state index in [0.29, 0.717) is 12.8 Å². The van der Waals surface area contributed by atoms with E-state index in [2.05, 4.69) is 0 Å². The van der Waals surface area contributed by atoms with Gasteiger partial charge in [0, 0.05) is 5.25 Å². The number of rotatable bonds is 15. The molecule has 0 aliphatic rings. The standard InChI is InChI=1S/C17H36O4S.Na/c1-3-13-17(22(19,20)21)15-12-10-8-6-5-7-9-11-14-16(18)4-2;/h16-18H,3-15H2,1-2H3,(H,19,20,21);/q;+1/p-1. The van der Waals surface area contributed by atoms with Crippen LogP contribution in [0.4, 0.5) is 0 Å². The van der Waals surface area contributed by atoms with Crippen LogP contribution in [0.1, 0.15) is 97.3 Å². The second-order valence-electron chi connectivity index (χ2n) is 6.37. The van der Waals surface area contributed by atoms with Crippen molar-refractivity contribution < 1.29 is 47.6 Å². The summed E-state index contributed by atoms with van der Waals surface area (Å²) in [6.07, 6.45) is 12.3. The third-order valence-electron chi connectivity index (χ3n) is 4.30. The number of aliphatic hydroxyl groups is 1. The van der Waals surface area contributed by atoms with Crippen LogP contribution in [0.25, 0.3) is 0 Å². The minimum atomic E-state index is -4.11. The number of hydrogen-bond donors (Lipinski definition) is 1. The van der Waals surface area contributed by atoms with Gasteiger partial charge < -0.3 is 9.66 Å². The zero-order valence-corrected chi connectivity index (χ0v) is 18.2. The summed E-state index contributed by atoms with van der Waals surface area (Å²) in [4.78, 5) is 0. The van der Waals surface area contributed by atoms with Crippen LogP contribution >= 0.6 is 0 Å². The molecule has 0 aromatic heterocycles. The van der Waals surface area contributed by atoms with Crippen LogP contribution in [0.5, 0.6) is 0 Å². The Bertz CT molecular complexity index is 347. The minimum absolute atomic E-state index is 0. The van der Waals surface area contributed by atoms with Crippen LogP contribution in [0.3, 0.4) is 0 Å². The zero-order valence-electron chi connectivity index (χ0n) is 15.4. The molecule has 0 saturated carbocycles. The Hall–Kier alpha value is 0.870. The van der Waals surface area contributed by atoms with Gasteiger partial charge in [0.1, 0.15) is 0 Å². The van der Waals surface area contributed by atoms with Crippen LogP contribution in [-0.4, -0.2) is 29.4 Å². The van der Waals surface area contributed by atoms with Gasteiger partial charge in [0.2, 0.25) is 0 Å². The molecule has 2 unspecified atom stereocenters. The first-order valence-corrected chi connectivity index (χ1v) is 10.5. The predicted molar refractivity (Wildman–Crippen MR) is 90.9 cm³/mol. The molecule has 0 radical (unpaired) electrons. The summed E-state index contributed by atoms with van der Waals surface area (Å²) in [5.74, 6) is 0. The normalized spacial score (nSPS) is 14.3. The van der Waals surface area contributed by atoms with Crippen molar-refractivity contribution in [2.45, 2.75) is 109 Å². The second-order valence-corrected chi connectivity index (χ2v) is 8.02. The molecule has 0 amide bonds. The van der Waals surface area contributed by atoms with Crippen molar-refractivity contribution in [3.63, 3.8) is 0 Å². The van der Waals surface area contributed by atoms with Crippen molar-refractivity contribution in [1.29, 1.82) is 0 Å². The van der Waals surface area contributed by atoms with Crippen molar-refractivity contribution in [2.75, 3.05) is 0 Å². The fourth-order valence-corrected chi connectivity index (χ4v) is 3.75. The van der Waals surface area contributed by atoms with Gasteiger partial charge in [-0.25, -0.2) is 8.42 Å². The molecule has 4 nitrogen and oxygen atoms in total. The van der Waals surface area contributed by atoms with E-state index in [1.54, 1.807) is 0 Å². The van der Waals surface area contributed by atoms with Crippen molar-refractivity contribution in [2.24, 2.45) is 0 Å². The average molecular weight is 359 g/mol. The average Bonchev–Trinajstić information content (AvgIpc) is 2.46. The number of hydrogen-bond acceptors (Lipinski definition) is 4. The van der Waals surface area contributed by atoms with Gasteiger partial charge in [-0.15, -0.1) is 0 Å². The van der Waals surface area contributed by atoms with Gasteiger partial charge in [0.15, 0.2) is 0 Å². The Labute approximate surface area is 165 Å². The Morgan fingerprint density at radius 2 is 1.26 bits per heavy atom. The van der Waals surface area contributed by atoms with Gasteiger partial charge in [-0.05, 0) is 25.7 Å². The monoisotopic (exact) mass is 358 g/mol. The molecule has 134 valence electrons. The maximum Gasteiger partial charge on any atom is 1.00 e. The van der Waals surface area contributed by atoms with Crippen molar-refractivity contribution in [3.8, 4) is 0 Å². The topological polar surface area (TPSA) is 77.4 Å². The summed E-state index contributed by atoms with van der Waals surface area (Å²) in [5.41, 5.74) is 0. The molecule has 0 fully saturated rings. The Balaban J connectivity index is 0. The summed E-state index contributed by atoms with van der Waals surface area (Å²) in [5, 5.41) is 8.75. The molecule has 0 spiro atoms. The Morgan fingerprint density at radius 1 is 0.826 bits per heavy atom. The quantitative estimate of drug-likeness (QED) is 0.272. The summed E-state index contributed by atoms with van der Waals surface area (Å²) in [6.45, 7) is 3.92. The molecule has 1 N–H and O–H groups in total. The van der Waals surface area contributed by atoms with Crippen LogP contribution in [0, 0.1) is 0 Å². The first-order valence-electron chi connectivity index (χ1n) is 9.04. The maximum atomic E-state index is 11.1. The summed E-state index contributed by atoms with van der Waals surface area (Å²) in [6, 6.07) is 0. The minimum Gasteiger partial charge on any atom is -0.748 e. The van der Waals surface area contributed by atoms with E-state index < -0.39 is 15.4 Å². The molecular weight excluding hydrogens is 323 g/mol. The van der Waals surface area contributed by atoms with Crippen LogP contribution in [0.15, 0.2) is 0 Å². The molecule has 0 aliphatic carbocycles.